The number of alkyl halides is 3. The number of nitrogens with two attached hydrogens (primary N) is 1. The van der Waals surface area contributed by atoms with E-state index in [1.807, 2.05) is 13.0 Å². The van der Waals surface area contributed by atoms with Crippen LogP contribution >= 0.6 is 0 Å². The Labute approximate surface area is 233 Å². The zero-order valence-electron chi connectivity index (χ0n) is 22.3. The van der Waals surface area contributed by atoms with E-state index in [-0.39, 0.29) is 35.1 Å². The van der Waals surface area contributed by atoms with Crippen molar-refractivity contribution < 1.29 is 37.0 Å². The van der Waals surface area contributed by atoms with Crippen LogP contribution in [0, 0.1) is 6.92 Å². The maximum atomic E-state index is 13.9. The zero-order chi connectivity index (χ0) is 29.8. The number of amides is 1. The van der Waals surface area contributed by atoms with Crippen LogP contribution in [0.15, 0.2) is 72.9 Å². The van der Waals surface area contributed by atoms with Crippen molar-refractivity contribution in [3.8, 4) is 11.5 Å². The molecular weight excluding hydrogens is 541 g/mol. The number of aryl methyl sites for hydroxylation is 1. The molecule has 0 saturated carbocycles. The van der Waals surface area contributed by atoms with Gasteiger partial charge in [0.05, 0.1) is 14.2 Å². The maximum absolute atomic E-state index is 13.9. The topological polar surface area (TPSA) is 125 Å². The van der Waals surface area contributed by atoms with Crippen LogP contribution in [0.25, 0.3) is 10.8 Å². The second-order valence-electron chi connectivity index (χ2n) is 9.07. The summed E-state index contributed by atoms with van der Waals surface area (Å²) in [5.74, 6) is -3.10. The van der Waals surface area contributed by atoms with Gasteiger partial charge in [0.1, 0.15) is 5.82 Å². The second-order valence-corrected chi connectivity index (χ2v) is 9.07. The summed E-state index contributed by atoms with van der Waals surface area (Å²) >= 11 is 0. The van der Waals surface area contributed by atoms with Gasteiger partial charge in [0.25, 0.3) is 11.6 Å². The Kier molecular flexibility index (Phi) is 8.22. The Morgan fingerprint density at radius 1 is 0.951 bits per heavy atom. The molecule has 1 heterocycles. The van der Waals surface area contributed by atoms with Crippen molar-refractivity contribution in [3.63, 3.8) is 0 Å². The van der Waals surface area contributed by atoms with Crippen LogP contribution in [-0.4, -0.2) is 37.3 Å². The predicted octanol–water partition coefficient (Wildman–Crippen LogP) is 4.83. The highest BCUT2D eigenvalue weighted by atomic mass is 19.4. The molecule has 1 aromatic heterocycles. The van der Waals surface area contributed by atoms with E-state index in [0.29, 0.717) is 16.3 Å². The molecule has 0 fully saturated rings. The molecular formula is C29H27F3N4O5. The summed E-state index contributed by atoms with van der Waals surface area (Å²) < 4.78 is 56.4. The van der Waals surface area contributed by atoms with E-state index in [9.17, 15) is 22.8 Å². The molecule has 1 unspecified atom stereocenters. The number of ether oxygens (including phenoxy) is 3. The van der Waals surface area contributed by atoms with Gasteiger partial charge in [-0.2, -0.15) is 13.2 Å². The summed E-state index contributed by atoms with van der Waals surface area (Å²) in [6.07, 6.45) is -3.95. The van der Waals surface area contributed by atoms with E-state index in [0.717, 1.165) is 5.56 Å². The maximum Gasteiger partial charge on any atom is 0.491 e. The Hall–Kier alpha value is -5.00. The number of hydrogen-bond donors (Lipinski definition) is 3. The summed E-state index contributed by atoms with van der Waals surface area (Å²) in [7, 11) is 2.69. The molecule has 3 aromatic carbocycles. The fourth-order valence-electron chi connectivity index (χ4n) is 4.25. The normalized spacial score (nSPS) is 12.7. The minimum Gasteiger partial charge on any atom is -0.493 e. The fraction of sp³-hybridized carbons (Fsp3) is 0.207. The number of nitrogen functional groups attached to an aromatic ring is 1. The number of esters is 1. The van der Waals surface area contributed by atoms with E-state index >= 15 is 0 Å². The molecule has 1 amide bonds. The number of carbonyl (C=O) groups is 2. The van der Waals surface area contributed by atoms with Crippen LogP contribution < -0.4 is 25.8 Å². The number of anilines is 2. The first-order valence-electron chi connectivity index (χ1n) is 12.3. The Bertz CT molecular complexity index is 1590. The Morgan fingerprint density at radius 2 is 1.71 bits per heavy atom. The van der Waals surface area contributed by atoms with Gasteiger partial charge >= 0.3 is 12.1 Å². The number of rotatable bonds is 9. The van der Waals surface area contributed by atoms with E-state index < -0.39 is 23.8 Å². The van der Waals surface area contributed by atoms with Gasteiger partial charge in [-0.15, -0.1) is 0 Å². The molecule has 0 bridgehead atoms. The molecule has 0 aliphatic heterocycles. The van der Waals surface area contributed by atoms with E-state index in [4.69, 9.17) is 19.9 Å². The molecule has 0 radical (unpaired) electrons. The van der Waals surface area contributed by atoms with Crippen LogP contribution in [0.2, 0.25) is 0 Å². The van der Waals surface area contributed by atoms with Gasteiger partial charge in [-0.05, 0) is 60.3 Å². The quantitative estimate of drug-likeness (QED) is 0.194. The van der Waals surface area contributed by atoms with Crippen LogP contribution in [0.4, 0.5) is 24.7 Å². The minimum atomic E-state index is -5.41. The van der Waals surface area contributed by atoms with Crippen molar-refractivity contribution in [1.82, 2.24) is 10.3 Å². The summed E-state index contributed by atoms with van der Waals surface area (Å²) in [6, 6.07) is 17.3. The van der Waals surface area contributed by atoms with E-state index in [2.05, 4.69) is 15.6 Å². The molecule has 0 spiro atoms. The monoisotopic (exact) mass is 568 g/mol. The number of pyridine rings is 1. The molecule has 4 aromatic rings. The number of hydrogen-bond acceptors (Lipinski definition) is 8. The minimum absolute atomic E-state index is 0.0687. The first kappa shape index (κ1) is 29.0. The standard InChI is InChI=1S/C29H27F3N4O5/c1-17-5-4-6-18(13-17)16-35-26(37)28(41-27(38)29(30,31)32,20-7-10-23(39-2)24(15-20)40-3)36-21-8-9-22-19(14-21)11-12-34-25(22)33/h4-15,36H,16H2,1-3H3,(H2,33,34)(H,35,37). The summed E-state index contributed by atoms with van der Waals surface area (Å²) in [4.78, 5) is 30.3. The van der Waals surface area contributed by atoms with Crippen LogP contribution in [-0.2, 0) is 26.6 Å². The van der Waals surface area contributed by atoms with Gasteiger partial charge < -0.3 is 30.6 Å². The third kappa shape index (κ3) is 6.26. The Morgan fingerprint density at radius 3 is 2.39 bits per heavy atom. The SMILES string of the molecule is COc1ccc(C(Nc2ccc3c(N)nccc3c2)(OC(=O)C(F)(F)F)C(=O)NCc2cccc(C)c2)cc1OC. The molecule has 0 aliphatic carbocycles. The largest absolute Gasteiger partial charge is 0.493 e. The molecule has 4 N–H and O–H groups in total. The first-order valence-corrected chi connectivity index (χ1v) is 12.3. The lowest BCUT2D eigenvalue weighted by atomic mass is 9.99. The summed E-state index contributed by atoms with van der Waals surface area (Å²) in [5, 5.41) is 6.50. The number of nitrogens with one attached hydrogen (secondary N) is 2. The van der Waals surface area contributed by atoms with Gasteiger partial charge in [0, 0.05) is 29.4 Å². The summed E-state index contributed by atoms with van der Waals surface area (Å²) in [5.41, 5.74) is 4.81. The van der Waals surface area contributed by atoms with Crippen molar-refractivity contribution >= 4 is 34.2 Å². The van der Waals surface area contributed by atoms with Crippen molar-refractivity contribution in [2.45, 2.75) is 25.4 Å². The third-order valence-electron chi connectivity index (χ3n) is 6.24. The number of methoxy groups -OCH3 is 2. The van der Waals surface area contributed by atoms with Crippen molar-refractivity contribution in [1.29, 1.82) is 0 Å². The van der Waals surface area contributed by atoms with Gasteiger partial charge in [-0.25, -0.2) is 9.78 Å². The number of fused-ring (bicyclic) bond motifs is 1. The van der Waals surface area contributed by atoms with Crippen molar-refractivity contribution in [2.24, 2.45) is 0 Å². The average molecular weight is 569 g/mol. The second kappa shape index (κ2) is 11.6. The lowest BCUT2D eigenvalue weighted by molar-refractivity contribution is -0.213. The lowest BCUT2D eigenvalue weighted by Crippen LogP contribution is -2.54. The predicted molar refractivity (Wildman–Crippen MR) is 146 cm³/mol. The van der Waals surface area contributed by atoms with E-state index in [1.165, 1.54) is 50.7 Å². The smallest absolute Gasteiger partial charge is 0.491 e. The highest BCUT2D eigenvalue weighted by Gasteiger charge is 2.52. The zero-order valence-corrected chi connectivity index (χ0v) is 22.3. The van der Waals surface area contributed by atoms with Gasteiger partial charge in [-0.3, -0.25) is 4.79 Å². The number of aromatic nitrogens is 1. The van der Waals surface area contributed by atoms with Crippen molar-refractivity contribution in [3.05, 3.63) is 89.6 Å². The van der Waals surface area contributed by atoms with Gasteiger partial charge in [0.2, 0.25) is 0 Å². The summed E-state index contributed by atoms with van der Waals surface area (Å²) in [6.45, 7) is 1.79. The molecule has 214 valence electrons. The average Bonchev–Trinajstić information content (AvgIpc) is 2.94. The third-order valence-corrected chi connectivity index (χ3v) is 6.24. The first-order chi connectivity index (χ1) is 19.5. The van der Waals surface area contributed by atoms with Crippen molar-refractivity contribution in [2.75, 3.05) is 25.3 Å². The molecule has 1 atom stereocenters. The Balaban J connectivity index is 1.88. The lowest BCUT2D eigenvalue weighted by Gasteiger charge is -2.34. The molecule has 4 rings (SSSR count). The van der Waals surface area contributed by atoms with Crippen LogP contribution in [0.3, 0.4) is 0 Å². The number of carbonyl (C=O) groups excluding carboxylic acids is 2. The highest BCUT2D eigenvalue weighted by molar-refractivity contribution is 5.95. The molecule has 12 heteroatoms. The number of benzene rings is 3. The van der Waals surface area contributed by atoms with Crippen LogP contribution in [0.5, 0.6) is 11.5 Å². The number of nitrogens with zero attached hydrogens (tertiary/aromatic N) is 1. The van der Waals surface area contributed by atoms with Crippen LogP contribution in [0.1, 0.15) is 16.7 Å². The molecule has 41 heavy (non-hydrogen) atoms. The van der Waals surface area contributed by atoms with Gasteiger partial charge in [-0.1, -0.05) is 29.8 Å². The highest BCUT2D eigenvalue weighted by Crippen LogP contribution is 2.38. The molecule has 0 aliphatic rings. The van der Waals surface area contributed by atoms with E-state index in [1.54, 1.807) is 30.3 Å². The molecule has 0 saturated heterocycles. The number of halogens is 3. The fourth-order valence-corrected chi connectivity index (χ4v) is 4.25. The molecule has 9 nitrogen and oxygen atoms in total. The van der Waals surface area contributed by atoms with Gasteiger partial charge in [0.15, 0.2) is 11.5 Å².